The fourth-order valence-electron chi connectivity index (χ4n) is 5.35. The molecule has 3 heterocycles. The van der Waals surface area contributed by atoms with Gasteiger partial charge >= 0.3 is 0 Å². The number of nitrogens with one attached hydrogen (secondary N) is 3. The number of halogens is 1. The Morgan fingerprint density at radius 2 is 1.78 bits per heavy atom. The van der Waals surface area contributed by atoms with Crippen molar-refractivity contribution < 1.29 is 23.5 Å². The van der Waals surface area contributed by atoms with E-state index >= 15 is 0 Å². The minimum atomic E-state index is -0.568. The van der Waals surface area contributed by atoms with Crippen LogP contribution >= 0.6 is 0 Å². The molecule has 3 saturated heterocycles. The number of piperidine rings is 1. The molecule has 0 saturated carbocycles. The van der Waals surface area contributed by atoms with Crippen molar-refractivity contribution in [2.24, 2.45) is 5.92 Å². The van der Waals surface area contributed by atoms with Crippen molar-refractivity contribution >= 4 is 17.7 Å². The standard InChI is InChI=1S/C27H32FN5O4/c28-22-9-8-18(16-23-25-20(7-4-10-29-25)26(35)31-30-23)15-21(22)27(36)33-13-11-32(12-14-33)24(34)17-37-19-5-2-1-3-6-19/h1-3,5-6,8-9,15,20,23,25,29-30H,4,7,10-14,16-17H2,(H,31,35). The normalized spacial score (nSPS) is 23.7. The molecule has 0 bridgehead atoms. The van der Waals surface area contributed by atoms with Crippen LogP contribution in [0.1, 0.15) is 28.8 Å². The third-order valence-corrected chi connectivity index (χ3v) is 7.40. The molecule has 5 rings (SSSR count). The number of ether oxygens (including phenoxy) is 1. The summed E-state index contributed by atoms with van der Waals surface area (Å²) in [5, 5.41) is 3.44. The number of hydrazine groups is 1. The molecule has 9 nitrogen and oxygen atoms in total. The zero-order chi connectivity index (χ0) is 25.8. The molecule has 3 unspecified atom stereocenters. The van der Waals surface area contributed by atoms with E-state index in [1.807, 2.05) is 18.2 Å². The van der Waals surface area contributed by atoms with Gasteiger partial charge in [0.15, 0.2) is 6.61 Å². The van der Waals surface area contributed by atoms with Crippen molar-refractivity contribution in [3.63, 3.8) is 0 Å². The highest BCUT2D eigenvalue weighted by Crippen LogP contribution is 2.24. The van der Waals surface area contributed by atoms with Gasteiger partial charge in [0.05, 0.1) is 11.5 Å². The molecule has 3 N–H and O–H groups in total. The zero-order valence-electron chi connectivity index (χ0n) is 20.6. The molecule has 0 aromatic heterocycles. The molecule has 0 spiro atoms. The van der Waals surface area contributed by atoms with Crippen molar-refractivity contribution in [2.45, 2.75) is 31.3 Å². The van der Waals surface area contributed by atoms with E-state index in [9.17, 15) is 18.8 Å². The predicted molar refractivity (Wildman–Crippen MR) is 134 cm³/mol. The van der Waals surface area contributed by atoms with Crippen LogP contribution in [-0.4, -0.2) is 78.9 Å². The Morgan fingerprint density at radius 3 is 2.57 bits per heavy atom. The summed E-state index contributed by atoms with van der Waals surface area (Å²) in [6.07, 6.45) is 2.33. The van der Waals surface area contributed by atoms with Crippen molar-refractivity contribution in [3.8, 4) is 5.75 Å². The monoisotopic (exact) mass is 509 g/mol. The maximum atomic E-state index is 14.7. The van der Waals surface area contributed by atoms with Gasteiger partial charge in [-0.2, -0.15) is 0 Å². The average Bonchev–Trinajstić information content (AvgIpc) is 2.94. The molecule has 37 heavy (non-hydrogen) atoms. The first-order chi connectivity index (χ1) is 18.0. The summed E-state index contributed by atoms with van der Waals surface area (Å²) in [7, 11) is 0. The number of piperazine rings is 1. The lowest BCUT2D eigenvalue weighted by Crippen LogP contribution is -2.67. The van der Waals surface area contributed by atoms with Crippen molar-refractivity contribution in [1.82, 2.24) is 26.0 Å². The Hall–Kier alpha value is -3.50. The Balaban J connectivity index is 1.17. The van der Waals surface area contributed by atoms with Crippen LogP contribution in [0.5, 0.6) is 5.75 Å². The van der Waals surface area contributed by atoms with Crippen LogP contribution in [0, 0.1) is 11.7 Å². The number of carbonyl (C=O) groups excluding carboxylic acids is 3. The number of nitrogens with zero attached hydrogens (tertiary/aromatic N) is 2. The topological polar surface area (TPSA) is 103 Å². The fraction of sp³-hybridized carbons (Fsp3) is 0.444. The van der Waals surface area contributed by atoms with E-state index in [0.717, 1.165) is 24.9 Å². The minimum Gasteiger partial charge on any atom is -0.484 e. The summed E-state index contributed by atoms with van der Waals surface area (Å²) in [4.78, 5) is 41.2. The van der Waals surface area contributed by atoms with Gasteiger partial charge in [0.1, 0.15) is 11.6 Å². The SMILES string of the molecule is O=C1NNC(Cc2ccc(F)c(C(=O)N3CCN(C(=O)COc4ccccc4)CC3)c2)C2NCCCC12. The van der Waals surface area contributed by atoms with Gasteiger partial charge in [-0.3, -0.25) is 19.8 Å². The van der Waals surface area contributed by atoms with Crippen LogP contribution in [0.4, 0.5) is 4.39 Å². The van der Waals surface area contributed by atoms with E-state index in [1.165, 1.54) is 6.07 Å². The van der Waals surface area contributed by atoms with Gasteiger partial charge in [0.25, 0.3) is 11.8 Å². The second kappa shape index (κ2) is 11.3. The molecule has 196 valence electrons. The molecular formula is C27H32FN5O4. The van der Waals surface area contributed by atoms with Gasteiger partial charge in [-0.05, 0) is 55.6 Å². The van der Waals surface area contributed by atoms with Gasteiger partial charge in [0.2, 0.25) is 5.91 Å². The van der Waals surface area contributed by atoms with E-state index in [-0.39, 0.29) is 47.9 Å². The van der Waals surface area contributed by atoms with Crippen LogP contribution in [0.3, 0.4) is 0 Å². The number of carbonyl (C=O) groups is 3. The van der Waals surface area contributed by atoms with E-state index < -0.39 is 5.82 Å². The van der Waals surface area contributed by atoms with Crippen LogP contribution in [0.15, 0.2) is 48.5 Å². The van der Waals surface area contributed by atoms with Gasteiger partial charge in [-0.25, -0.2) is 9.82 Å². The summed E-state index contributed by atoms with van der Waals surface area (Å²) < 4.78 is 20.3. The van der Waals surface area contributed by atoms with E-state index in [2.05, 4.69) is 16.2 Å². The maximum Gasteiger partial charge on any atom is 0.260 e. The lowest BCUT2D eigenvalue weighted by Gasteiger charge is -2.41. The van der Waals surface area contributed by atoms with Crippen LogP contribution in [0.2, 0.25) is 0 Å². The van der Waals surface area contributed by atoms with E-state index in [1.54, 1.807) is 34.1 Å². The molecule has 0 aliphatic carbocycles. The minimum absolute atomic E-state index is 0.00678. The molecule has 2 aromatic rings. The molecule has 3 aliphatic heterocycles. The summed E-state index contributed by atoms with van der Waals surface area (Å²) in [5.41, 5.74) is 6.69. The van der Waals surface area contributed by atoms with Gasteiger partial charge in [-0.15, -0.1) is 0 Å². The lowest BCUT2D eigenvalue weighted by molar-refractivity contribution is -0.135. The number of rotatable bonds is 6. The second-order valence-corrected chi connectivity index (χ2v) is 9.76. The van der Waals surface area contributed by atoms with Crippen LogP contribution in [0.25, 0.3) is 0 Å². The highest BCUT2D eigenvalue weighted by molar-refractivity contribution is 5.95. The second-order valence-electron chi connectivity index (χ2n) is 9.76. The summed E-state index contributed by atoms with van der Waals surface area (Å²) in [6, 6.07) is 13.7. The quantitative estimate of drug-likeness (QED) is 0.539. The number of amides is 3. The summed E-state index contributed by atoms with van der Waals surface area (Å²) in [6.45, 7) is 2.16. The maximum absolute atomic E-state index is 14.7. The molecular weight excluding hydrogens is 477 g/mol. The summed E-state index contributed by atoms with van der Waals surface area (Å²) >= 11 is 0. The largest absolute Gasteiger partial charge is 0.484 e. The van der Waals surface area contributed by atoms with Gasteiger partial charge < -0.3 is 19.9 Å². The highest BCUT2D eigenvalue weighted by atomic mass is 19.1. The van der Waals surface area contributed by atoms with Crippen molar-refractivity contribution in [2.75, 3.05) is 39.3 Å². The van der Waals surface area contributed by atoms with Crippen molar-refractivity contribution in [3.05, 3.63) is 65.5 Å². The number of benzene rings is 2. The molecule has 3 fully saturated rings. The van der Waals surface area contributed by atoms with Crippen LogP contribution < -0.4 is 20.9 Å². The third-order valence-electron chi connectivity index (χ3n) is 7.40. The smallest absolute Gasteiger partial charge is 0.260 e. The van der Waals surface area contributed by atoms with Crippen molar-refractivity contribution in [1.29, 1.82) is 0 Å². The molecule has 3 atom stereocenters. The predicted octanol–water partition coefficient (Wildman–Crippen LogP) is 1.10. The van der Waals surface area contributed by atoms with Crippen LogP contribution in [-0.2, 0) is 16.0 Å². The number of hydrogen-bond acceptors (Lipinski definition) is 6. The number of fused-ring (bicyclic) bond motifs is 1. The fourth-order valence-corrected chi connectivity index (χ4v) is 5.35. The molecule has 10 heteroatoms. The molecule has 3 aliphatic rings. The third kappa shape index (κ3) is 5.75. The molecule has 2 aromatic carbocycles. The Kier molecular flexibility index (Phi) is 7.66. The lowest BCUT2D eigenvalue weighted by atomic mass is 9.82. The molecule has 0 radical (unpaired) electrons. The summed E-state index contributed by atoms with van der Waals surface area (Å²) in [5.74, 6) is -0.578. The first-order valence-corrected chi connectivity index (χ1v) is 12.8. The van der Waals surface area contributed by atoms with Gasteiger partial charge in [-0.1, -0.05) is 24.3 Å². The zero-order valence-corrected chi connectivity index (χ0v) is 20.6. The Morgan fingerprint density at radius 1 is 1.03 bits per heavy atom. The van der Waals surface area contributed by atoms with E-state index in [0.29, 0.717) is 38.3 Å². The number of hydrogen-bond donors (Lipinski definition) is 3. The molecule has 3 amide bonds. The Bertz CT molecular complexity index is 1140. The average molecular weight is 510 g/mol. The first kappa shape index (κ1) is 25.2. The number of para-hydroxylation sites is 1. The van der Waals surface area contributed by atoms with Gasteiger partial charge in [0, 0.05) is 38.3 Å². The Labute approximate surface area is 215 Å². The highest BCUT2D eigenvalue weighted by Gasteiger charge is 2.40. The first-order valence-electron chi connectivity index (χ1n) is 12.8. The van der Waals surface area contributed by atoms with E-state index in [4.69, 9.17) is 4.74 Å².